The number of rotatable bonds is 4. The fourth-order valence-corrected chi connectivity index (χ4v) is 2.19. The molecule has 0 atom stereocenters. The largest absolute Gasteiger partial charge is 0.359 e. The van der Waals surface area contributed by atoms with Gasteiger partial charge in [-0.05, 0) is 47.6 Å². The fraction of sp³-hybridized carbons (Fsp3) is 0.133. The number of hydrogen-bond donors (Lipinski definition) is 2. The minimum atomic E-state index is -0.881. The van der Waals surface area contributed by atoms with E-state index in [0.717, 1.165) is 17.7 Å². The molecule has 0 radical (unpaired) electrons. The zero-order valence-electron chi connectivity index (χ0n) is 11.3. The highest BCUT2D eigenvalue weighted by atomic mass is 35.5. The van der Waals surface area contributed by atoms with Crippen LogP contribution >= 0.6 is 35.4 Å². The topological polar surface area (TPSA) is 24.1 Å². The van der Waals surface area contributed by atoms with Crippen LogP contribution in [0, 0.1) is 11.6 Å². The Morgan fingerprint density at radius 1 is 0.864 bits per heavy atom. The maximum absolute atomic E-state index is 13.1. The van der Waals surface area contributed by atoms with E-state index in [1.165, 1.54) is 6.07 Å². The first-order valence-electron chi connectivity index (χ1n) is 6.35. The second kappa shape index (κ2) is 7.72. The molecule has 0 bridgehead atoms. The Balaban J connectivity index is 1.82. The van der Waals surface area contributed by atoms with E-state index in [1.54, 1.807) is 12.1 Å². The predicted molar refractivity (Wildman–Crippen MR) is 89.1 cm³/mol. The van der Waals surface area contributed by atoms with E-state index >= 15 is 0 Å². The third-order valence-electron chi connectivity index (χ3n) is 2.87. The summed E-state index contributed by atoms with van der Waals surface area (Å²) in [5, 5.41) is 7.27. The highest BCUT2D eigenvalue weighted by Gasteiger charge is 2.04. The van der Waals surface area contributed by atoms with E-state index < -0.39 is 11.6 Å². The normalized spacial score (nSPS) is 10.4. The van der Waals surface area contributed by atoms with Crippen LogP contribution in [0.5, 0.6) is 0 Å². The van der Waals surface area contributed by atoms with Crippen LogP contribution in [0.25, 0.3) is 0 Å². The lowest BCUT2D eigenvalue weighted by Gasteiger charge is -2.11. The predicted octanol–water partition coefficient (Wildman–Crippen LogP) is 4.44. The highest BCUT2D eigenvalue weighted by molar-refractivity contribution is 7.80. The molecule has 2 aromatic rings. The van der Waals surface area contributed by atoms with E-state index in [1.807, 2.05) is 6.07 Å². The summed E-state index contributed by atoms with van der Waals surface area (Å²) >= 11 is 16.9. The van der Waals surface area contributed by atoms with Gasteiger partial charge in [0.2, 0.25) is 0 Å². The number of halogens is 4. The molecular formula is C15H12Cl2F2N2S. The number of thiocarbonyl (C=S) groups is 1. The molecule has 0 saturated heterocycles. The Labute approximate surface area is 142 Å². The number of benzene rings is 2. The monoisotopic (exact) mass is 360 g/mol. The zero-order valence-corrected chi connectivity index (χ0v) is 13.6. The van der Waals surface area contributed by atoms with Crippen molar-refractivity contribution in [2.24, 2.45) is 0 Å². The summed E-state index contributed by atoms with van der Waals surface area (Å²) in [5.41, 5.74) is 1.52. The molecule has 0 aromatic heterocycles. The summed E-state index contributed by atoms with van der Waals surface area (Å²) in [4.78, 5) is 0. The molecule has 7 heteroatoms. The van der Waals surface area contributed by atoms with E-state index in [0.29, 0.717) is 33.8 Å². The average Bonchev–Trinajstić information content (AvgIpc) is 2.49. The first-order chi connectivity index (χ1) is 10.5. The summed E-state index contributed by atoms with van der Waals surface area (Å²) in [6, 6.07) is 8.99. The van der Waals surface area contributed by atoms with Crippen LogP contribution in [-0.4, -0.2) is 5.11 Å². The Morgan fingerprint density at radius 3 is 2.05 bits per heavy atom. The van der Waals surface area contributed by atoms with Crippen molar-refractivity contribution < 1.29 is 8.78 Å². The summed E-state index contributed by atoms with van der Waals surface area (Å²) in [6.45, 7) is 0.769. The second-order valence-electron chi connectivity index (χ2n) is 4.53. The molecule has 0 aliphatic carbocycles. The lowest BCUT2D eigenvalue weighted by atomic mass is 10.2. The van der Waals surface area contributed by atoms with Crippen molar-refractivity contribution in [2.45, 2.75) is 13.1 Å². The first-order valence-corrected chi connectivity index (χ1v) is 7.51. The SMILES string of the molecule is Fc1ccc(CNC(=S)NCc2ccc(Cl)c(Cl)c2)cc1F. The molecule has 2 N–H and O–H groups in total. The molecule has 0 aliphatic rings. The molecule has 0 heterocycles. The maximum Gasteiger partial charge on any atom is 0.166 e. The Bertz CT molecular complexity index is 638. The molecule has 2 aromatic carbocycles. The second-order valence-corrected chi connectivity index (χ2v) is 5.76. The van der Waals surface area contributed by atoms with E-state index in [4.69, 9.17) is 35.4 Å². The Morgan fingerprint density at radius 2 is 1.45 bits per heavy atom. The van der Waals surface area contributed by atoms with Gasteiger partial charge >= 0.3 is 0 Å². The zero-order chi connectivity index (χ0) is 16.1. The van der Waals surface area contributed by atoms with Crippen LogP contribution < -0.4 is 10.6 Å². The fourth-order valence-electron chi connectivity index (χ4n) is 1.73. The van der Waals surface area contributed by atoms with Crippen molar-refractivity contribution in [3.63, 3.8) is 0 Å². The van der Waals surface area contributed by atoms with E-state index in [2.05, 4.69) is 10.6 Å². The van der Waals surface area contributed by atoms with Crippen LogP contribution in [0.4, 0.5) is 8.78 Å². The van der Waals surface area contributed by atoms with Crippen LogP contribution in [0.1, 0.15) is 11.1 Å². The quantitative estimate of drug-likeness (QED) is 0.788. The summed E-state index contributed by atoms with van der Waals surface area (Å²) in [7, 11) is 0. The molecule has 0 spiro atoms. The lowest BCUT2D eigenvalue weighted by molar-refractivity contribution is 0.507. The van der Waals surface area contributed by atoms with E-state index in [-0.39, 0.29) is 0 Å². The van der Waals surface area contributed by atoms with Gasteiger partial charge in [0.05, 0.1) is 10.0 Å². The molecule has 0 unspecified atom stereocenters. The van der Waals surface area contributed by atoms with Gasteiger partial charge < -0.3 is 10.6 Å². The Kier molecular flexibility index (Phi) is 5.94. The lowest BCUT2D eigenvalue weighted by Crippen LogP contribution is -2.34. The van der Waals surface area contributed by atoms with Crippen molar-refractivity contribution in [1.82, 2.24) is 10.6 Å². The van der Waals surface area contributed by atoms with Crippen molar-refractivity contribution in [1.29, 1.82) is 0 Å². The standard InChI is InChI=1S/C15H12Cl2F2N2S/c16-11-3-1-9(5-12(11)17)7-20-15(22)21-8-10-2-4-13(18)14(19)6-10/h1-6H,7-8H2,(H2,20,21,22). The van der Waals surface area contributed by atoms with Gasteiger partial charge in [0.1, 0.15) is 0 Å². The van der Waals surface area contributed by atoms with Gasteiger partial charge in [-0.2, -0.15) is 0 Å². The van der Waals surface area contributed by atoms with Crippen LogP contribution in [0.15, 0.2) is 36.4 Å². The van der Waals surface area contributed by atoms with E-state index in [9.17, 15) is 8.78 Å². The van der Waals surface area contributed by atoms with Gasteiger partial charge in [0, 0.05) is 13.1 Å². The minimum absolute atomic E-state index is 0.296. The minimum Gasteiger partial charge on any atom is -0.359 e. The highest BCUT2D eigenvalue weighted by Crippen LogP contribution is 2.22. The summed E-state index contributed by atoms with van der Waals surface area (Å²) < 4.78 is 25.9. The van der Waals surface area contributed by atoms with Crippen LogP contribution in [-0.2, 0) is 13.1 Å². The summed E-state index contributed by atoms with van der Waals surface area (Å²) in [5.74, 6) is -1.75. The van der Waals surface area contributed by atoms with Crippen molar-refractivity contribution in [2.75, 3.05) is 0 Å². The number of nitrogens with one attached hydrogen (secondary N) is 2. The van der Waals surface area contributed by atoms with Gasteiger partial charge in [0.15, 0.2) is 16.7 Å². The van der Waals surface area contributed by atoms with Crippen molar-refractivity contribution >= 4 is 40.5 Å². The molecule has 0 fully saturated rings. The third kappa shape index (κ3) is 4.80. The number of hydrogen-bond acceptors (Lipinski definition) is 1. The molecule has 0 amide bonds. The van der Waals surface area contributed by atoms with Gasteiger partial charge in [-0.25, -0.2) is 8.78 Å². The molecule has 116 valence electrons. The van der Waals surface area contributed by atoms with Gasteiger partial charge in [-0.1, -0.05) is 35.3 Å². The summed E-state index contributed by atoms with van der Waals surface area (Å²) in [6.07, 6.45) is 0. The molecular weight excluding hydrogens is 349 g/mol. The molecule has 2 nitrogen and oxygen atoms in total. The van der Waals surface area contributed by atoms with Gasteiger partial charge in [0.25, 0.3) is 0 Å². The van der Waals surface area contributed by atoms with Crippen LogP contribution in [0.2, 0.25) is 10.0 Å². The van der Waals surface area contributed by atoms with Crippen LogP contribution in [0.3, 0.4) is 0 Å². The molecule has 22 heavy (non-hydrogen) atoms. The Hall–Kier alpha value is -1.43. The maximum atomic E-state index is 13.1. The smallest absolute Gasteiger partial charge is 0.166 e. The third-order valence-corrected chi connectivity index (χ3v) is 3.90. The van der Waals surface area contributed by atoms with Crippen molar-refractivity contribution in [3.8, 4) is 0 Å². The molecule has 0 aliphatic heterocycles. The van der Waals surface area contributed by atoms with Gasteiger partial charge in [-0.3, -0.25) is 0 Å². The average molecular weight is 361 g/mol. The molecule has 0 saturated carbocycles. The first kappa shape index (κ1) is 16.9. The molecule has 2 rings (SSSR count). The van der Waals surface area contributed by atoms with Crippen molar-refractivity contribution in [3.05, 3.63) is 69.2 Å². The van der Waals surface area contributed by atoms with Gasteiger partial charge in [-0.15, -0.1) is 0 Å².